The molecule has 0 fully saturated rings. The monoisotopic (exact) mass is 369 g/mol. The first-order valence-electron chi connectivity index (χ1n) is 8.61. The lowest BCUT2D eigenvalue weighted by Gasteiger charge is -2.13. The minimum absolute atomic E-state index is 0.144. The molecular formula is C23H23F2S+. The number of hydrogen-bond donors (Lipinski definition) is 0. The highest BCUT2D eigenvalue weighted by Crippen LogP contribution is 2.36. The van der Waals surface area contributed by atoms with E-state index in [0.717, 1.165) is 32.0 Å². The molecule has 3 heteroatoms. The number of rotatable bonds is 3. The molecular weight excluding hydrogens is 346 g/mol. The molecule has 3 rings (SSSR count). The average molecular weight is 370 g/mol. The van der Waals surface area contributed by atoms with E-state index in [4.69, 9.17) is 0 Å². The van der Waals surface area contributed by atoms with E-state index < -0.39 is 22.5 Å². The van der Waals surface area contributed by atoms with E-state index in [2.05, 4.69) is 12.1 Å². The van der Waals surface area contributed by atoms with Crippen LogP contribution in [0.15, 0.2) is 63.2 Å². The molecule has 3 aromatic carbocycles. The molecule has 0 atom stereocenters. The summed E-state index contributed by atoms with van der Waals surface area (Å²) in [7, 11) is -0.837. The molecule has 0 aliphatic rings. The molecule has 0 bridgehead atoms. The van der Waals surface area contributed by atoms with E-state index in [0.29, 0.717) is 5.56 Å². The van der Waals surface area contributed by atoms with E-state index in [1.807, 2.05) is 52.0 Å². The van der Waals surface area contributed by atoms with Gasteiger partial charge in [0.1, 0.15) is 10.9 Å². The molecule has 0 aliphatic heterocycles. The van der Waals surface area contributed by atoms with Crippen molar-refractivity contribution < 1.29 is 8.78 Å². The molecule has 0 saturated carbocycles. The highest BCUT2D eigenvalue weighted by molar-refractivity contribution is 7.97. The standard InChI is InChI=1S/C23H23F2S/c1-14-6-15(2)9-19(8-14)26(20-10-16(3)7-17(4)11-20)23-21(24)12-18(5)13-22(23)25/h6-13H,1-5H3/q+1. The zero-order chi connectivity index (χ0) is 19.0. The number of benzene rings is 3. The van der Waals surface area contributed by atoms with Crippen LogP contribution in [0.2, 0.25) is 0 Å². The molecule has 0 aromatic heterocycles. The SMILES string of the molecule is Cc1cc(C)cc([S+](c2cc(C)cc(C)c2)c2c(F)cc(C)cc2F)c1. The van der Waals surface area contributed by atoms with Gasteiger partial charge in [-0.05, 0) is 98.8 Å². The molecule has 0 amide bonds. The van der Waals surface area contributed by atoms with Crippen molar-refractivity contribution in [3.8, 4) is 0 Å². The fraction of sp³-hybridized carbons (Fsp3) is 0.217. The van der Waals surface area contributed by atoms with Crippen LogP contribution in [0.5, 0.6) is 0 Å². The predicted molar refractivity (Wildman–Crippen MR) is 105 cm³/mol. The zero-order valence-electron chi connectivity index (χ0n) is 15.8. The first-order valence-corrected chi connectivity index (χ1v) is 9.83. The molecule has 134 valence electrons. The maximum Gasteiger partial charge on any atom is 0.237 e. The van der Waals surface area contributed by atoms with Crippen LogP contribution < -0.4 is 0 Å². The van der Waals surface area contributed by atoms with Gasteiger partial charge in [-0.25, -0.2) is 8.78 Å². The Morgan fingerprint density at radius 2 is 0.808 bits per heavy atom. The van der Waals surface area contributed by atoms with Gasteiger partial charge in [0.25, 0.3) is 0 Å². The second-order valence-electron chi connectivity index (χ2n) is 7.01. The number of halogens is 2. The van der Waals surface area contributed by atoms with E-state index in [-0.39, 0.29) is 4.90 Å². The molecule has 0 heterocycles. The summed E-state index contributed by atoms with van der Waals surface area (Å²) in [5.41, 5.74) is 4.96. The summed E-state index contributed by atoms with van der Waals surface area (Å²) < 4.78 is 29.8. The van der Waals surface area contributed by atoms with Crippen LogP contribution in [-0.2, 0) is 10.9 Å². The van der Waals surface area contributed by atoms with Crippen molar-refractivity contribution in [2.45, 2.75) is 49.3 Å². The van der Waals surface area contributed by atoms with Crippen LogP contribution in [0.4, 0.5) is 8.78 Å². The Kier molecular flexibility index (Phi) is 5.19. The zero-order valence-corrected chi connectivity index (χ0v) is 16.6. The van der Waals surface area contributed by atoms with Gasteiger partial charge in [0, 0.05) is 0 Å². The predicted octanol–water partition coefficient (Wildman–Crippen LogP) is 6.60. The van der Waals surface area contributed by atoms with Crippen molar-refractivity contribution in [1.82, 2.24) is 0 Å². The molecule has 0 spiro atoms. The molecule has 0 radical (unpaired) electrons. The fourth-order valence-corrected chi connectivity index (χ4v) is 5.82. The molecule has 0 N–H and O–H groups in total. The second kappa shape index (κ2) is 7.24. The van der Waals surface area contributed by atoms with Crippen LogP contribution in [0.3, 0.4) is 0 Å². The summed E-state index contributed by atoms with van der Waals surface area (Å²) in [6.07, 6.45) is 0. The van der Waals surface area contributed by atoms with Gasteiger partial charge in [0.05, 0.1) is 0 Å². The summed E-state index contributed by atoms with van der Waals surface area (Å²) in [5.74, 6) is -0.965. The Hall–Kier alpha value is -2.13. The van der Waals surface area contributed by atoms with Crippen LogP contribution >= 0.6 is 0 Å². The summed E-state index contributed by atoms with van der Waals surface area (Å²) in [4.78, 5) is 2.02. The van der Waals surface area contributed by atoms with Gasteiger partial charge in [0.2, 0.25) is 4.90 Å². The third-order valence-corrected chi connectivity index (χ3v) is 6.42. The number of hydrogen-bond acceptors (Lipinski definition) is 0. The lowest BCUT2D eigenvalue weighted by Crippen LogP contribution is -2.11. The molecule has 26 heavy (non-hydrogen) atoms. The van der Waals surface area contributed by atoms with E-state index in [9.17, 15) is 8.78 Å². The van der Waals surface area contributed by atoms with E-state index >= 15 is 0 Å². The lowest BCUT2D eigenvalue weighted by molar-refractivity contribution is 0.537. The van der Waals surface area contributed by atoms with Gasteiger partial charge in [-0.2, -0.15) is 0 Å². The fourth-order valence-electron chi connectivity index (χ4n) is 3.35. The summed E-state index contributed by atoms with van der Waals surface area (Å²) >= 11 is 0. The van der Waals surface area contributed by atoms with Gasteiger partial charge >= 0.3 is 0 Å². The maximum absolute atomic E-state index is 14.9. The largest absolute Gasteiger partial charge is 0.237 e. The van der Waals surface area contributed by atoms with E-state index in [1.165, 1.54) is 12.1 Å². The van der Waals surface area contributed by atoms with Crippen LogP contribution in [-0.4, -0.2) is 0 Å². The van der Waals surface area contributed by atoms with Crippen LogP contribution in [0.1, 0.15) is 27.8 Å². The molecule has 3 aromatic rings. The van der Waals surface area contributed by atoms with Crippen LogP contribution in [0, 0.1) is 46.3 Å². The van der Waals surface area contributed by atoms with Crippen molar-refractivity contribution in [2.75, 3.05) is 0 Å². The van der Waals surface area contributed by atoms with Gasteiger partial charge in [-0.1, -0.05) is 12.1 Å². The summed E-state index contributed by atoms with van der Waals surface area (Å²) in [6, 6.07) is 15.1. The third kappa shape index (κ3) is 3.83. The maximum atomic E-state index is 14.9. The van der Waals surface area contributed by atoms with Crippen molar-refractivity contribution in [1.29, 1.82) is 0 Å². The van der Waals surface area contributed by atoms with Gasteiger partial charge in [0.15, 0.2) is 21.4 Å². The highest BCUT2D eigenvalue weighted by Gasteiger charge is 2.36. The second-order valence-corrected chi connectivity index (χ2v) is 8.97. The third-order valence-electron chi connectivity index (χ3n) is 4.21. The Morgan fingerprint density at radius 1 is 0.500 bits per heavy atom. The quantitative estimate of drug-likeness (QED) is 0.456. The highest BCUT2D eigenvalue weighted by atomic mass is 32.2. The molecule has 0 aliphatic carbocycles. The van der Waals surface area contributed by atoms with Crippen LogP contribution in [0.25, 0.3) is 0 Å². The van der Waals surface area contributed by atoms with Gasteiger partial charge < -0.3 is 0 Å². The van der Waals surface area contributed by atoms with Crippen molar-refractivity contribution >= 4 is 10.9 Å². The minimum atomic E-state index is -0.837. The lowest BCUT2D eigenvalue weighted by atomic mass is 10.2. The molecule has 0 nitrogen and oxygen atoms in total. The normalized spacial score (nSPS) is 11.2. The van der Waals surface area contributed by atoms with Crippen molar-refractivity contribution in [2.24, 2.45) is 0 Å². The number of aryl methyl sites for hydroxylation is 5. The first-order chi connectivity index (χ1) is 12.2. The van der Waals surface area contributed by atoms with Gasteiger partial charge in [-0.3, -0.25) is 0 Å². The summed E-state index contributed by atoms with van der Waals surface area (Å²) in [5, 5.41) is 0. The minimum Gasteiger partial charge on any atom is -0.201 e. The molecule has 0 saturated heterocycles. The Labute approximate surface area is 157 Å². The Bertz CT molecular complexity index is 861. The summed E-state index contributed by atoms with van der Waals surface area (Å²) in [6.45, 7) is 9.77. The average Bonchev–Trinajstić information content (AvgIpc) is 2.48. The first kappa shape index (κ1) is 18.7. The molecule has 0 unspecified atom stereocenters. The van der Waals surface area contributed by atoms with Crippen molar-refractivity contribution in [3.05, 3.63) is 88.0 Å². The topological polar surface area (TPSA) is 0 Å². The van der Waals surface area contributed by atoms with Gasteiger partial charge in [-0.15, -0.1) is 0 Å². The Balaban J connectivity index is 2.33. The van der Waals surface area contributed by atoms with E-state index in [1.54, 1.807) is 6.92 Å². The Morgan fingerprint density at radius 3 is 1.15 bits per heavy atom. The van der Waals surface area contributed by atoms with Crippen molar-refractivity contribution in [3.63, 3.8) is 0 Å². The smallest absolute Gasteiger partial charge is 0.201 e.